The highest BCUT2D eigenvalue weighted by molar-refractivity contribution is 7.89. The molecule has 116 valence electrons. The number of carbonyl (C=O) groups is 1. The van der Waals surface area contributed by atoms with Crippen molar-refractivity contribution in [3.63, 3.8) is 0 Å². The maximum Gasteiger partial charge on any atom is 0.238 e. The maximum atomic E-state index is 12.4. The molecule has 0 aromatic carbocycles. The van der Waals surface area contributed by atoms with Gasteiger partial charge in [-0.15, -0.1) is 0 Å². The lowest BCUT2D eigenvalue weighted by atomic mass is 10.0. The fourth-order valence-electron chi connectivity index (χ4n) is 2.95. The maximum absolute atomic E-state index is 12.4. The predicted molar refractivity (Wildman–Crippen MR) is 77.8 cm³/mol. The van der Waals surface area contributed by atoms with Gasteiger partial charge in [-0.1, -0.05) is 13.3 Å². The van der Waals surface area contributed by atoms with Crippen LogP contribution in [0, 0.1) is 0 Å². The molecule has 2 heterocycles. The fraction of sp³-hybridized carbons (Fsp3) is 0.923. The zero-order chi connectivity index (χ0) is 14.6. The van der Waals surface area contributed by atoms with E-state index in [1.807, 2.05) is 6.92 Å². The van der Waals surface area contributed by atoms with Gasteiger partial charge in [-0.05, 0) is 32.2 Å². The normalized spacial score (nSPS) is 28.4. The molecule has 0 aromatic rings. The first kappa shape index (κ1) is 15.7. The molecule has 1 amide bonds. The summed E-state index contributed by atoms with van der Waals surface area (Å²) in [5.41, 5.74) is 0. The summed E-state index contributed by atoms with van der Waals surface area (Å²) in [6.45, 7) is 4.01. The summed E-state index contributed by atoms with van der Waals surface area (Å²) < 4.78 is 26.0. The summed E-state index contributed by atoms with van der Waals surface area (Å²) in [4.78, 5) is 12.4. The van der Waals surface area contributed by atoms with Crippen molar-refractivity contribution in [2.24, 2.45) is 0 Å². The molecule has 2 saturated heterocycles. The van der Waals surface area contributed by atoms with E-state index >= 15 is 0 Å². The molecule has 0 saturated carbocycles. The van der Waals surface area contributed by atoms with Gasteiger partial charge in [-0.3, -0.25) is 4.79 Å². The third kappa shape index (κ3) is 3.71. The van der Waals surface area contributed by atoms with Gasteiger partial charge in [-0.2, -0.15) is 4.31 Å². The Bertz CT molecular complexity index is 432. The molecule has 2 rings (SSSR count). The molecule has 0 bridgehead atoms. The number of rotatable bonds is 5. The molecule has 2 unspecified atom stereocenters. The van der Waals surface area contributed by atoms with Crippen LogP contribution >= 0.6 is 0 Å². The average Bonchev–Trinajstić information content (AvgIpc) is 2.91. The third-order valence-electron chi connectivity index (χ3n) is 3.98. The van der Waals surface area contributed by atoms with Crippen LogP contribution in [0.4, 0.5) is 0 Å². The van der Waals surface area contributed by atoms with E-state index in [0.717, 1.165) is 32.4 Å². The van der Waals surface area contributed by atoms with Gasteiger partial charge in [-0.25, -0.2) is 8.42 Å². The number of carbonyl (C=O) groups excluding carboxylic acids is 1. The van der Waals surface area contributed by atoms with Gasteiger partial charge in [0.1, 0.15) is 6.04 Å². The average molecular weight is 303 g/mol. The molecule has 2 N–H and O–H groups in total. The zero-order valence-corrected chi connectivity index (χ0v) is 12.9. The van der Waals surface area contributed by atoms with Crippen molar-refractivity contribution in [2.75, 3.05) is 25.4 Å². The van der Waals surface area contributed by atoms with Crippen LogP contribution < -0.4 is 10.6 Å². The topological polar surface area (TPSA) is 78.5 Å². The van der Waals surface area contributed by atoms with E-state index in [2.05, 4.69) is 10.6 Å². The Morgan fingerprint density at radius 3 is 2.80 bits per heavy atom. The molecule has 0 aromatic heterocycles. The highest BCUT2D eigenvalue weighted by atomic mass is 32.2. The van der Waals surface area contributed by atoms with Crippen molar-refractivity contribution in [1.29, 1.82) is 0 Å². The highest BCUT2D eigenvalue weighted by Crippen LogP contribution is 2.21. The van der Waals surface area contributed by atoms with Crippen LogP contribution in [0.25, 0.3) is 0 Å². The van der Waals surface area contributed by atoms with Gasteiger partial charge in [0.25, 0.3) is 0 Å². The largest absolute Gasteiger partial charge is 0.351 e. The molecule has 7 heteroatoms. The Labute approximate surface area is 121 Å². The molecule has 2 aliphatic rings. The molecular formula is C13H25N3O3S. The van der Waals surface area contributed by atoms with Gasteiger partial charge in [0, 0.05) is 19.1 Å². The Morgan fingerprint density at radius 2 is 2.15 bits per heavy atom. The van der Waals surface area contributed by atoms with E-state index in [1.54, 1.807) is 0 Å². The molecule has 0 radical (unpaired) electrons. The van der Waals surface area contributed by atoms with E-state index in [9.17, 15) is 13.2 Å². The molecule has 2 atom stereocenters. The lowest BCUT2D eigenvalue weighted by Crippen LogP contribution is -2.54. The minimum absolute atomic E-state index is 0.127. The van der Waals surface area contributed by atoms with Crippen molar-refractivity contribution in [3.05, 3.63) is 0 Å². The van der Waals surface area contributed by atoms with Gasteiger partial charge in [0.2, 0.25) is 15.9 Å². The minimum atomic E-state index is -3.30. The van der Waals surface area contributed by atoms with Crippen LogP contribution in [0.15, 0.2) is 0 Å². The summed E-state index contributed by atoms with van der Waals surface area (Å²) in [5.74, 6) is -0.0000294. The molecule has 0 spiro atoms. The summed E-state index contributed by atoms with van der Waals surface area (Å²) in [7, 11) is -3.30. The number of sulfonamides is 1. The van der Waals surface area contributed by atoms with Crippen LogP contribution in [0.3, 0.4) is 0 Å². The first-order valence-corrected chi connectivity index (χ1v) is 9.16. The van der Waals surface area contributed by atoms with E-state index in [4.69, 9.17) is 0 Å². The second-order valence-electron chi connectivity index (χ2n) is 5.64. The van der Waals surface area contributed by atoms with Crippen LogP contribution in [0.2, 0.25) is 0 Å². The standard InChI is InChI=1S/C13H25N3O3S/c1-2-9-20(18,19)16-8-4-3-5-12(16)13(17)15-11-6-7-14-10-11/h11-12,14H,2-10H2,1H3,(H,15,17). The number of piperidine rings is 1. The van der Waals surface area contributed by atoms with Crippen molar-refractivity contribution < 1.29 is 13.2 Å². The summed E-state index contributed by atoms with van der Waals surface area (Å²) in [6.07, 6.45) is 3.89. The number of nitrogens with zero attached hydrogens (tertiary/aromatic N) is 1. The summed E-state index contributed by atoms with van der Waals surface area (Å²) >= 11 is 0. The van der Waals surface area contributed by atoms with E-state index in [1.165, 1.54) is 4.31 Å². The van der Waals surface area contributed by atoms with Crippen LogP contribution in [0.5, 0.6) is 0 Å². The van der Waals surface area contributed by atoms with E-state index < -0.39 is 16.1 Å². The van der Waals surface area contributed by atoms with Gasteiger partial charge < -0.3 is 10.6 Å². The molecule has 0 aliphatic carbocycles. The van der Waals surface area contributed by atoms with Crippen molar-refractivity contribution in [3.8, 4) is 0 Å². The number of hydrogen-bond acceptors (Lipinski definition) is 4. The van der Waals surface area contributed by atoms with Crippen LogP contribution in [0.1, 0.15) is 39.0 Å². The molecule has 6 nitrogen and oxygen atoms in total. The van der Waals surface area contributed by atoms with Gasteiger partial charge >= 0.3 is 0 Å². The minimum Gasteiger partial charge on any atom is -0.351 e. The lowest BCUT2D eigenvalue weighted by Gasteiger charge is -2.34. The summed E-state index contributed by atoms with van der Waals surface area (Å²) in [5, 5.41) is 6.18. The smallest absolute Gasteiger partial charge is 0.238 e. The number of amides is 1. The van der Waals surface area contributed by atoms with Crippen LogP contribution in [-0.4, -0.2) is 56.1 Å². The molecule has 2 aliphatic heterocycles. The first-order chi connectivity index (χ1) is 9.54. The van der Waals surface area contributed by atoms with Crippen molar-refractivity contribution >= 4 is 15.9 Å². The van der Waals surface area contributed by atoms with E-state index in [0.29, 0.717) is 19.4 Å². The number of hydrogen-bond donors (Lipinski definition) is 2. The van der Waals surface area contributed by atoms with Crippen molar-refractivity contribution in [2.45, 2.75) is 51.1 Å². The quantitative estimate of drug-likeness (QED) is 0.753. The highest BCUT2D eigenvalue weighted by Gasteiger charge is 2.36. The van der Waals surface area contributed by atoms with Gasteiger partial charge in [0.15, 0.2) is 0 Å². The molecule has 20 heavy (non-hydrogen) atoms. The predicted octanol–water partition coefficient (Wildman–Crippen LogP) is 0.0588. The zero-order valence-electron chi connectivity index (χ0n) is 12.1. The van der Waals surface area contributed by atoms with Gasteiger partial charge in [0.05, 0.1) is 5.75 Å². The molecular weight excluding hydrogens is 278 g/mol. The Morgan fingerprint density at radius 1 is 1.35 bits per heavy atom. The second kappa shape index (κ2) is 6.87. The Balaban J connectivity index is 2.04. The lowest BCUT2D eigenvalue weighted by molar-refractivity contribution is -0.126. The Kier molecular flexibility index (Phi) is 5.40. The SMILES string of the molecule is CCCS(=O)(=O)N1CCCCC1C(=O)NC1CCNC1. The van der Waals surface area contributed by atoms with E-state index in [-0.39, 0.29) is 17.7 Å². The molecule has 2 fully saturated rings. The first-order valence-electron chi connectivity index (χ1n) is 7.55. The second-order valence-corrected chi connectivity index (χ2v) is 7.68. The van der Waals surface area contributed by atoms with Crippen molar-refractivity contribution in [1.82, 2.24) is 14.9 Å². The fourth-order valence-corrected chi connectivity index (χ4v) is 4.70. The summed E-state index contributed by atoms with van der Waals surface area (Å²) in [6, 6.07) is -0.374. The third-order valence-corrected chi connectivity index (χ3v) is 6.06. The number of nitrogens with one attached hydrogen (secondary N) is 2. The Hall–Kier alpha value is -0.660. The monoisotopic (exact) mass is 303 g/mol. The van der Waals surface area contributed by atoms with Crippen LogP contribution in [-0.2, 0) is 14.8 Å².